The zero-order valence-corrected chi connectivity index (χ0v) is 16.8. The van der Waals surface area contributed by atoms with Gasteiger partial charge in [-0.15, -0.1) is 0 Å². The summed E-state index contributed by atoms with van der Waals surface area (Å²) in [4.78, 5) is 50.5. The number of hydrogen-bond acceptors (Lipinski definition) is 7. The van der Waals surface area contributed by atoms with E-state index in [2.05, 4.69) is 4.74 Å². The van der Waals surface area contributed by atoms with Crippen LogP contribution in [0, 0.1) is 0 Å². The summed E-state index contributed by atoms with van der Waals surface area (Å²) in [6.07, 6.45) is -1.10. The Morgan fingerprint density at radius 2 is 1.67 bits per heavy atom. The van der Waals surface area contributed by atoms with Crippen LogP contribution in [-0.4, -0.2) is 48.5 Å². The largest absolute Gasteiger partial charge is 0.493 e. The van der Waals surface area contributed by atoms with Crippen LogP contribution in [0.2, 0.25) is 0 Å². The van der Waals surface area contributed by atoms with Crippen LogP contribution < -0.4 is 4.74 Å². The summed E-state index contributed by atoms with van der Waals surface area (Å²) in [6.45, 7) is 3.45. The smallest absolute Gasteiger partial charge is 0.346 e. The number of esters is 2. The van der Waals surface area contributed by atoms with Gasteiger partial charge in [-0.05, 0) is 43.7 Å². The maximum Gasteiger partial charge on any atom is 0.346 e. The molecule has 1 aliphatic heterocycles. The molecule has 156 valence electrons. The normalized spacial score (nSPS) is 13.6. The molecule has 0 spiro atoms. The van der Waals surface area contributed by atoms with Crippen molar-refractivity contribution in [1.82, 2.24) is 4.90 Å². The number of nitrogens with zero attached hydrogens (tertiary/aromatic N) is 1. The van der Waals surface area contributed by atoms with Gasteiger partial charge in [0, 0.05) is 0 Å². The summed E-state index contributed by atoms with van der Waals surface area (Å²) < 4.78 is 15.2. The van der Waals surface area contributed by atoms with Crippen LogP contribution in [0.15, 0.2) is 42.5 Å². The van der Waals surface area contributed by atoms with E-state index in [4.69, 9.17) is 9.47 Å². The maximum absolute atomic E-state index is 12.6. The molecule has 0 N–H and O–H groups in total. The first kappa shape index (κ1) is 21.0. The Balaban J connectivity index is 1.86. The van der Waals surface area contributed by atoms with E-state index in [1.807, 2.05) is 0 Å². The van der Waals surface area contributed by atoms with E-state index in [9.17, 15) is 19.2 Å². The molecule has 0 aromatic heterocycles. The predicted octanol–water partition coefficient (Wildman–Crippen LogP) is 2.60. The minimum Gasteiger partial charge on any atom is -0.493 e. The van der Waals surface area contributed by atoms with Crippen molar-refractivity contribution >= 4 is 23.8 Å². The molecule has 0 aliphatic carbocycles. The first-order valence-electron chi connectivity index (χ1n) is 9.37. The molecule has 0 saturated heterocycles. The molecular weight excluding hydrogens is 390 g/mol. The van der Waals surface area contributed by atoms with Crippen LogP contribution >= 0.6 is 0 Å². The molecule has 0 radical (unpaired) electrons. The summed E-state index contributed by atoms with van der Waals surface area (Å²) in [5.41, 5.74) is 1.31. The van der Waals surface area contributed by atoms with Gasteiger partial charge in [-0.2, -0.15) is 0 Å². The van der Waals surface area contributed by atoms with Gasteiger partial charge >= 0.3 is 11.9 Å². The van der Waals surface area contributed by atoms with Crippen LogP contribution in [0.5, 0.6) is 5.75 Å². The first-order valence-corrected chi connectivity index (χ1v) is 9.37. The first-order chi connectivity index (χ1) is 14.4. The molecule has 8 heteroatoms. The van der Waals surface area contributed by atoms with Crippen LogP contribution in [-0.2, 0) is 20.8 Å². The standard InChI is InChI=1S/C22H21NO7/c1-4-29-18-10-9-14(11-17(18)22(27)30-13(2)21(26)28-3)12-23-19(24)15-7-5-6-8-16(15)20(23)25/h5-11,13H,4,12H2,1-3H3. The fourth-order valence-electron chi connectivity index (χ4n) is 3.12. The van der Waals surface area contributed by atoms with Crippen LogP contribution in [0.1, 0.15) is 50.5 Å². The third-order valence-corrected chi connectivity index (χ3v) is 4.60. The van der Waals surface area contributed by atoms with Crippen molar-refractivity contribution in [3.05, 3.63) is 64.7 Å². The van der Waals surface area contributed by atoms with Crippen LogP contribution in [0.4, 0.5) is 0 Å². The molecule has 2 aromatic rings. The second-order valence-electron chi connectivity index (χ2n) is 6.58. The van der Waals surface area contributed by atoms with E-state index in [0.29, 0.717) is 23.3 Å². The summed E-state index contributed by atoms with van der Waals surface area (Å²) in [7, 11) is 1.20. The molecule has 30 heavy (non-hydrogen) atoms. The molecular formula is C22H21NO7. The number of fused-ring (bicyclic) bond motifs is 1. The Morgan fingerprint density at radius 3 is 2.23 bits per heavy atom. The number of carbonyl (C=O) groups excluding carboxylic acids is 4. The third-order valence-electron chi connectivity index (χ3n) is 4.60. The van der Waals surface area contributed by atoms with Crippen molar-refractivity contribution in [2.75, 3.05) is 13.7 Å². The van der Waals surface area contributed by atoms with Crippen LogP contribution in [0.25, 0.3) is 0 Å². The van der Waals surface area contributed by atoms with Crippen molar-refractivity contribution in [3.63, 3.8) is 0 Å². The van der Waals surface area contributed by atoms with Crippen molar-refractivity contribution in [2.45, 2.75) is 26.5 Å². The molecule has 3 rings (SSSR count). The summed E-state index contributed by atoms with van der Waals surface area (Å²) in [5.74, 6) is -1.99. The zero-order valence-electron chi connectivity index (χ0n) is 16.8. The maximum atomic E-state index is 12.6. The molecule has 8 nitrogen and oxygen atoms in total. The molecule has 2 aromatic carbocycles. The summed E-state index contributed by atoms with van der Waals surface area (Å²) >= 11 is 0. The number of hydrogen-bond donors (Lipinski definition) is 0. The van der Waals surface area contributed by atoms with Gasteiger partial charge in [-0.1, -0.05) is 18.2 Å². The topological polar surface area (TPSA) is 99.2 Å². The van der Waals surface area contributed by atoms with Gasteiger partial charge in [-0.25, -0.2) is 9.59 Å². The average molecular weight is 411 g/mol. The van der Waals surface area contributed by atoms with Gasteiger partial charge in [0.1, 0.15) is 11.3 Å². The predicted molar refractivity (Wildman–Crippen MR) is 105 cm³/mol. The van der Waals surface area contributed by atoms with Crippen molar-refractivity contribution in [3.8, 4) is 5.75 Å². The molecule has 0 saturated carbocycles. The Kier molecular flexibility index (Phi) is 6.15. The highest BCUT2D eigenvalue weighted by Crippen LogP contribution is 2.27. The fraction of sp³-hybridized carbons (Fsp3) is 0.273. The number of benzene rings is 2. The quantitative estimate of drug-likeness (QED) is 0.510. The molecule has 0 fully saturated rings. The van der Waals surface area contributed by atoms with Crippen molar-refractivity contribution < 1.29 is 33.4 Å². The van der Waals surface area contributed by atoms with E-state index in [-0.39, 0.29) is 17.9 Å². The minimum atomic E-state index is -1.10. The Labute approximate surface area is 173 Å². The van der Waals surface area contributed by atoms with E-state index >= 15 is 0 Å². The van der Waals surface area contributed by atoms with E-state index in [1.54, 1.807) is 43.3 Å². The molecule has 1 unspecified atom stereocenters. The van der Waals surface area contributed by atoms with Gasteiger partial charge in [0.25, 0.3) is 11.8 Å². The molecule has 1 aliphatic rings. The Hall–Kier alpha value is -3.68. The lowest BCUT2D eigenvalue weighted by Gasteiger charge is -2.17. The summed E-state index contributed by atoms with van der Waals surface area (Å²) in [6, 6.07) is 11.3. The van der Waals surface area contributed by atoms with Gasteiger partial charge in [0.2, 0.25) is 0 Å². The molecule has 2 amide bonds. The second-order valence-corrected chi connectivity index (χ2v) is 6.58. The highest BCUT2D eigenvalue weighted by Gasteiger charge is 2.35. The molecule has 1 atom stereocenters. The average Bonchev–Trinajstić information content (AvgIpc) is 2.99. The lowest BCUT2D eigenvalue weighted by Crippen LogP contribution is -2.29. The number of ether oxygens (including phenoxy) is 3. The Bertz CT molecular complexity index is 979. The number of amides is 2. The van der Waals surface area contributed by atoms with Gasteiger partial charge in [-0.3, -0.25) is 14.5 Å². The highest BCUT2D eigenvalue weighted by molar-refractivity contribution is 6.21. The number of rotatable bonds is 7. The number of imide groups is 1. The second kappa shape index (κ2) is 8.77. The lowest BCUT2D eigenvalue weighted by molar-refractivity contribution is -0.149. The van der Waals surface area contributed by atoms with Gasteiger partial charge < -0.3 is 14.2 Å². The zero-order chi connectivity index (χ0) is 21.8. The lowest BCUT2D eigenvalue weighted by atomic mass is 10.1. The van der Waals surface area contributed by atoms with Gasteiger partial charge in [0.15, 0.2) is 6.10 Å². The number of carbonyl (C=O) groups is 4. The summed E-state index contributed by atoms with van der Waals surface area (Å²) in [5, 5.41) is 0. The van der Waals surface area contributed by atoms with Crippen LogP contribution in [0.3, 0.4) is 0 Å². The van der Waals surface area contributed by atoms with E-state index < -0.39 is 29.9 Å². The number of methoxy groups -OCH3 is 1. The van der Waals surface area contributed by atoms with E-state index in [1.165, 1.54) is 20.1 Å². The van der Waals surface area contributed by atoms with E-state index in [0.717, 1.165) is 4.90 Å². The van der Waals surface area contributed by atoms with Gasteiger partial charge in [0.05, 0.1) is 31.4 Å². The van der Waals surface area contributed by atoms with Crippen molar-refractivity contribution in [1.29, 1.82) is 0 Å². The van der Waals surface area contributed by atoms with Crippen molar-refractivity contribution in [2.24, 2.45) is 0 Å². The molecule has 1 heterocycles. The minimum absolute atomic E-state index is 0.0222. The Morgan fingerprint density at radius 1 is 1.03 bits per heavy atom. The monoisotopic (exact) mass is 411 g/mol. The molecule has 0 bridgehead atoms. The SMILES string of the molecule is CCOc1ccc(CN2C(=O)c3ccccc3C2=O)cc1C(=O)OC(C)C(=O)OC. The third kappa shape index (κ3) is 4.03. The fourth-order valence-corrected chi connectivity index (χ4v) is 3.12. The highest BCUT2D eigenvalue weighted by atomic mass is 16.6.